The Morgan fingerprint density at radius 2 is 1.94 bits per heavy atom. The second-order valence-corrected chi connectivity index (χ2v) is 4.00. The van der Waals surface area contributed by atoms with E-state index >= 15 is 0 Å². The lowest BCUT2D eigenvalue weighted by molar-refractivity contribution is -0.144. The van der Waals surface area contributed by atoms with E-state index in [4.69, 9.17) is 10.5 Å². The Bertz CT molecular complexity index is 378. The lowest BCUT2D eigenvalue weighted by Crippen LogP contribution is -2.38. The third-order valence-corrected chi connectivity index (χ3v) is 2.82. The molecule has 3 nitrogen and oxygen atoms in total. The molecule has 0 aliphatic rings. The van der Waals surface area contributed by atoms with Gasteiger partial charge in [0.1, 0.15) is 5.82 Å². The molecule has 0 amide bonds. The van der Waals surface area contributed by atoms with Crippen LogP contribution in [0.4, 0.5) is 4.39 Å². The molecule has 0 heterocycles. The van der Waals surface area contributed by atoms with Crippen molar-refractivity contribution in [3.05, 3.63) is 35.6 Å². The van der Waals surface area contributed by atoms with Gasteiger partial charge in [-0.15, -0.1) is 0 Å². The van der Waals surface area contributed by atoms with Gasteiger partial charge >= 0.3 is 5.97 Å². The lowest BCUT2D eigenvalue weighted by Gasteiger charge is -2.27. The van der Waals surface area contributed by atoms with Crippen molar-refractivity contribution in [3.63, 3.8) is 0 Å². The van der Waals surface area contributed by atoms with Crippen molar-refractivity contribution in [3.8, 4) is 0 Å². The fourth-order valence-electron chi connectivity index (χ4n) is 1.68. The molecule has 1 rings (SSSR count). The number of nitrogens with two attached hydrogens (primary N) is 1. The van der Waals surface area contributed by atoms with Crippen LogP contribution in [0, 0.1) is 5.82 Å². The summed E-state index contributed by atoms with van der Waals surface area (Å²) in [6.45, 7) is 3.98. The summed E-state index contributed by atoms with van der Waals surface area (Å²) in [5, 5.41) is 0. The summed E-state index contributed by atoms with van der Waals surface area (Å²) in [4.78, 5) is 11.5. The van der Waals surface area contributed by atoms with E-state index in [0.29, 0.717) is 13.0 Å². The van der Waals surface area contributed by atoms with Crippen LogP contribution in [0.25, 0.3) is 0 Å². The summed E-state index contributed by atoms with van der Waals surface area (Å²) in [5.41, 5.74) is 6.13. The quantitative estimate of drug-likeness (QED) is 0.802. The van der Waals surface area contributed by atoms with Crippen molar-refractivity contribution in [2.24, 2.45) is 5.73 Å². The Labute approximate surface area is 101 Å². The molecule has 4 heteroatoms. The summed E-state index contributed by atoms with van der Waals surface area (Å²) in [5.74, 6) is -0.649. The van der Waals surface area contributed by atoms with Crippen molar-refractivity contribution in [2.75, 3.05) is 6.61 Å². The number of halogens is 1. The van der Waals surface area contributed by atoms with E-state index in [1.54, 1.807) is 19.1 Å². The molecule has 0 spiro atoms. The molecule has 0 aliphatic carbocycles. The maximum atomic E-state index is 12.8. The van der Waals surface area contributed by atoms with E-state index < -0.39 is 5.54 Å². The van der Waals surface area contributed by atoms with Crippen LogP contribution in [-0.2, 0) is 15.1 Å². The van der Waals surface area contributed by atoms with Crippen molar-refractivity contribution in [1.82, 2.24) is 0 Å². The molecular weight excluding hydrogens is 221 g/mol. The van der Waals surface area contributed by atoms with Crippen LogP contribution in [0.2, 0.25) is 0 Å². The van der Waals surface area contributed by atoms with E-state index in [-0.39, 0.29) is 18.2 Å². The zero-order valence-electron chi connectivity index (χ0n) is 10.2. The van der Waals surface area contributed by atoms with Crippen LogP contribution in [0.3, 0.4) is 0 Å². The van der Waals surface area contributed by atoms with E-state index in [9.17, 15) is 9.18 Å². The first kappa shape index (κ1) is 13.6. The Hall–Kier alpha value is -1.42. The van der Waals surface area contributed by atoms with Gasteiger partial charge in [0.2, 0.25) is 0 Å². The summed E-state index contributed by atoms with van der Waals surface area (Å²) >= 11 is 0. The zero-order chi connectivity index (χ0) is 12.9. The molecule has 1 atom stereocenters. The predicted molar refractivity (Wildman–Crippen MR) is 63.8 cm³/mol. The fourth-order valence-corrected chi connectivity index (χ4v) is 1.68. The number of rotatable bonds is 5. The number of hydrogen-bond acceptors (Lipinski definition) is 3. The van der Waals surface area contributed by atoms with Crippen LogP contribution in [0.5, 0.6) is 0 Å². The minimum absolute atomic E-state index is 0.100. The molecule has 94 valence electrons. The van der Waals surface area contributed by atoms with Crippen molar-refractivity contribution in [2.45, 2.75) is 32.2 Å². The molecule has 0 radical (unpaired) electrons. The van der Waals surface area contributed by atoms with Gasteiger partial charge in [0, 0.05) is 0 Å². The summed E-state index contributed by atoms with van der Waals surface area (Å²) < 4.78 is 17.7. The first-order chi connectivity index (χ1) is 8.01. The standard InChI is InChI=1S/C13H18FNO2/c1-3-13(15,9-12(16)17-4-2)10-5-7-11(14)8-6-10/h5-8H,3-4,9,15H2,1-2H3. The van der Waals surface area contributed by atoms with Crippen LogP contribution >= 0.6 is 0 Å². The van der Waals surface area contributed by atoms with E-state index in [0.717, 1.165) is 5.56 Å². The van der Waals surface area contributed by atoms with Crippen LogP contribution < -0.4 is 5.73 Å². The number of benzene rings is 1. The molecule has 1 aromatic carbocycles. The van der Waals surface area contributed by atoms with Crippen LogP contribution in [-0.4, -0.2) is 12.6 Å². The lowest BCUT2D eigenvalue weighted by atomic mass is 9.85. The first-order valence-corrected chi connectivity index (χ1v) is 5.72. The smallest absolute Gasteiger partial charge is 0.307 e. The van der Waals surface area contributed by atoms with Gasteiger partial charge in [-0.25, -0.2) is 4.39 Å². The van der Waals surface area contributed by atoms with Gasteiger partial charge in [-0.3, -0.25) is 4.79 Å². The van der Waals surface area contributed by atoms with Gasteiger partial charge in [-0.2, -0.15) is 0 Å². The number of carbonyl (C=O) groups is 1. The Morgan fingerprint density at radius 1 is 1.35 bits per heavy atom. The molecule has 0 saturated carbocycles. The third-order valence-electron chi connectivity index (χ3n) is 2.82. The Morgan fingerprint density at radius 3 is 2.41 bits per heavy atom. The normalized spacial score (nSPS) is 14.1. The largest absolute Gasteiger partial charge is 0.466 e. The van der Waals surface area contributed by atoms with Gasteiger partial charge in [-0.1, -0.05) is 19.1 Å². The van der Waals surface area contributed by atoms with Gasteiger partial charge in [0.05, 0.1) is 18.6 Å². The average Bonchev–Trinajstić information content (AvgIpc) is 2.30. The van der Waals surface area contributed by atoms with E-state index in [1.807, 2.05) is 6.92 Å². The van der Waals surface area contributed by atoms with Crippen molar-refractivity contribution < 1.29 is 13.9 Å². The first-order valence-electron chi connectivity index (χ1n) is 5.72. The summed E-state index contributed by atoms with van der Waals surface area (Å²) in [6.07, 6.45) is 0.681. The highest BCUT2D eigenvalue weighted by molar-refractivity contribution is 5.71. The number of esters is 1. The monoisotopic (exact) mass is 239 g/mol. The molecule has 1 aromatic rings. The maximum Gasteiger partial charge on any atom is 0.307 e. The van der Waals surface area contributed by atoms with Gasteiger partial charge in [-0.05, 0) is 31.0 Å². The minimum Gasteiger partial charge on any atom is -0.466 e. The Balaban J connectivity index is 2.87. The van der Waals surface area contributed by atoms with Crippen LogP contribution in [0.15, 0.2) is 24.3 Å². The second-order valence-electron chi connectivity index (χ2n) is 4.00. The molecular formula is C13H18FNO2. The SMILES string of the molecule is CCOC(=O)CC(N)(CC)c1ccc(F)cc1. The van der Waals surface area contributed by atoms with Gasteiger partial charge < -0.3 is 10.5 Å². The molecule has 0 saturated heterocycles. The molecule has 2 N–H and O–H groups in total. The summed E-state index contributed by atoms with van der Waals surface area (Å²) in [6, 6.07) is 5.91. The maximum absolute atomic E-state index is 12.8. The number of carbonyl (C=O) groups excluding carboxylic acids is 1. The van der Waals surface area contributed by atoms with Crippen molar-refractivity contribution >= 4 is 5.97 Å². The third kappa shape index (κ3) is 3.53. The number of hydrogen-bond donors (Lipinski definition) is 1. The van der Waals surface area contributed by atoms with Gasteiger partial charge in [0.15, 0.2) is 0 Å². The fraction of sp³-hybridized carbons (Fsp3) is 0.462. The topological polar surface area (TPSA) is 52.3 Å². The molecule has 0 bridgehead atoms. The number of ether oxygens (including phenoxy) is 1. The Kier molecular flexibility index (Phi) is 4.63. The molecule has 0 aliphatic heterocycles. The summed E-state index contributed by atoms with van der Waals surface area (Å²) in [7, 11) is 0. The van der Waals surface area contributed by atoms with E-state index in [1.165, 1.54) is 12.1 Å². The average molecular weight is 239 g/mol. The van der Waals surface area contributed by atoms with Crippen LogP contribution in [0.1, 0.15) is 32.3 Å². The highest BCUT2D eigenvalue weighted by Gasteiger charge is 2.29. The molecule has 17 heavy (non-hydrogen) atoms. The van der Waals surface area contributed by atoms with E-state index in [2.05, 4.69) is 0 Å². The highest BCUT2D eigenvalue weighted by atomic mass is 19.1. The molecule has 0 aromatic heterocycles. The molecule has 0 fully saturated rings. The minimum atomic E-state index is -0.792. The van der Waals surface area contributed by atoms with Gasteiger partial charge in [0.25, 0.3) is 0 Å². The molecule has 1 unspecified atom stereocenters. The zero-order valence-corrected chi connectivity index (χ0v) is 10.2. The van der Waals surface area contributed by atoms with Crippen molar-refractivity contribution in [1.29, 1.82) is 0 Å². The predicted octanol–water partition coefficient (Wildman–Crippen LogP) is 2.34. The second kappa shape index (κ2) is 5.77. The highest BCUT2D eigenvalue weighted by Crippen LogP contribution is 2.26.